The van der Waals surface area contributed by atoms with E-state index in [2.05, 4.69) is 0 Å². The first-order chi connectivity index (χ1) is 13.9. The van der Waals surface area contributed by atoms with Crippen LogP contribution in [0.25, 0.3) is 21.3 Å². The van der Waals surface area contributed by atoms with Gasteiger partial charge in [0.2, 0.25) is 0 Å². The highest BCUT2D eigenvalue weighted by molar-refractivity contribution is 7.19. The summed E-state index contributed by atoms with van der Waals surface area (Å²) in [6, 6.07) is 5.70. The zero-order chi connectivity index (χ0) is 22.4. The lowest BCUT2D eigenvalue weighted by atomic mass is 9.93. The van der Waals surface area contributed by atoms with Crippen LogP contribution in [0.5, 0.6) is 5.75 Å². The third kappa shape index (κ3) is 4.31. The number of fused-ring (bicyclic) bond motifs is 1. The number of aliphatic carboxylic acids is 1. The molecular weight excluding hydrogens is 422 g/mol. The summed E-state index contributed by atoms with van der Waals surface area (Å²) < 4.78 is 12.3. The number of ether oxygens (including phenoxy) is 2. The third-order valence-electron chi connectivity index (χ3n) is 4.72. The molecule has 1 N–H and O–H groups in total. The molecular formula is C23H26ClNO4S. The summed E-state index contributed by atoms with van der Waals surface area (Å²) >= 11 is 8.25. The molecule has 0 spiro atoms. The molecule has 30 heavy (non-hydrogen) atoms. The Kier molecular flexibility index (Phi) is 6.14. The molecule has 1 atom stereocenters. The van der Waals surface area contributed by atoms with E-state index in [9.17, 15) is 9.90 Å². The van der Waals surface area contributed by atoms with E-state index in [1.165, 1.54) is 0 Å². The fourth-order valence-electron chi connectivity index (χ4n) is 3.56. The zero-order valence-corrected chi connectivity index (χ0v) is 19.8. The number of carbonyl (C=O) groups is 1. The van der Waals surface area contributed by atoms with Gasteiger partial charge in [0.25, 0.3) is 0 Å². The molecule has 0 bridgehead atoms. The second-order valence-corrected chi connectivity index (χ2v) is 9.97. The van der Waals surface area contributed by atoms with Crippen LogP contribution in [0.15, 0.2) is 18.2 Å². The molecule has 3 rings (SSSR count). The largest absolute Gasteiger partial charge is 0.496 e. The summed E-state index contributed by atoms with van der Waals surface area (Å²) in [7, 11) is 1.60. The van der Waals surface area contributed by atoms with Gasteiger partial charge in [0.15, 0.2) is 6.10 Å². The maximum atomic E-state index is 12.3. The SMILES string of the molecule is COc1cc(Cl)c(-c2c([C@H](OC(C)(C)C)C(=O)O)c(C)nc3cc(C)sc23)cc1C. The number of hydrogen-bond acceptors (Lipinski definition) is 5. The zero-order valence-electron chi connectivity index (χ0n) is 18.2. The molecule has 2 heterocycles. The van der Waals surface area contributed by atoms with Crippen molar-refractivity contribution in [3.63, 3.8) is 0 Å². The summed E-state index contributed by atoms with van der Waals surface area (Å²) in [6.07, 6.45) is -1.18. The topological polar surface area (TPSA) is 68.7 Å². The Labute approximate surface area is 185 Å². The molecule has 0 radical (unpaired) electrons. The van der Waals surface area contributed by atoms with E-state index in [4.69, 9.17) is 26.1 Å². The standard InChI is InChI=1S/C23H26ClNO4S/c1-11-8-14(15(24)10-17(11)28-7)19-18(20(22(26)27)29-23(4,5)6)13(3)25-16-9-12(2)30-21(16)19/h8-10,20H,1-7H3,(H,26,27)/t20-/m0/s1. The second kappa shape index (κ2) is 8.17. The average molecular weight is 448 g/mol. The van der Waals surface area contributed by atoms with E-state index < -0.39 is 17.7 Å². The van der Waals surface area contributed by atoms with Crippen LogP contribution < -0.4 is 4.74 Å². The van der Waals surface area contributed by atoms with Gasteiger partial charge in [-0.15, -0.1) is 11.3 Å². The number of carboxylic acids is 1. The van der Waals surface area contributed by atoms with Gasteiger partial charge < -0.3 is 14.6 Å². The lowest BCUT2D eigenvalue weighted by Crippen LogP contribution is -2.28. The lowest BCUT2D eigenvalue weighted by Gasteiger charge is -2.28. The van der Waals surface area contributed by atoms with Gasteiger partial charge in [-0.2, -0.15) is 0 Å². The molecule has 2 aromatic heterocycles. The van der Waals surface area contributed by atoms with E-state index >= 15 is 0 Å². The molecule has 0 amide bonds. The van der Waals surface area contributed by atoms with Gasteiger partial charge in [-0.3, -0.25) is 4.98 Å². The number of aryl methyl sites for hydroxylation is 3. The number of nitrogens with zero attached hydrogens (tertiary/aromatic N) is 1. The monoisotopic (exact) mass is 447 g/mol. The molecule has 0 fully saturated rings. The van der Waals surface area contributed by atoms with Crippen LogP contribution in [0.1, 0.15) is 48.6 Å². The Balaban J connectivity index is 2.43. The van der Waals surface area contributed by atoms with Gasteiger partial charge in [-0.1, -0.05) is 11.6 Å². The molecule has 0 saturated carbocycles. The third-order valence-corrected chi connectivity index (χ3v) is 6.09. The number of aromatic nitrogens is 1. The molecule has 0 aliphatic heterocycles. The van der Waals surface area contributed by atoms with Crippen molar-refractivity contribution < 1.29 is 19.4 Å². The molecule has 1 aromatic carbocycles. The van der Waals surface area contributed by atoms with Gasteiger partial charge in [0, 0.05) is 27.3 Å². The number of pyridine rings is 1. The van der Waals surface area contributed by atoms with E-state index in [1.54, 1.807) is 24.5 Å². The highest BCUT2D eigenvalue weighted by atomic mass is 35.5. The average Bonchev–Trinajstić information content (AvgIpc) is 2.99. The van der Waals surface area contributed by atoms with Crippen molar-refractivity contribution in [3.05, 3.63) is 44.9 Å². The van der Waals surface area contributed by atoms with E-state index in [0.29, 0.717) is 22.0 Å². The van der Waals surface area contributed by atoms with Crippen LogP contribution in [0.4, 0.5) is 0 Å². The highest BCUT2D eigenvalue weighted by Gasteiger charge is 2.33. The van der Waals surface area contributed by atoms with E-state index in [1.807, 2.05) is 53.7 Å². The maximum absolute atomic E-state index is 12.3. The first-order valence-corrected chi connectivity index (χ1v) is 10.8. The van der Waals surface area contributed by atoms with E-state index in [0.717, 1.165) is 31.8 Å². The Morgan fingerprint density at radius 2 is 1.87 bits per heavy atom. The molecule has 5 nitrogen and oxygen atoms in total. The Morgan fingerprint density at radius 3 is 2.43 bits per heavy atom. The van der Waals surface area contributed by atoms with Crippen LogP contribution >= 0.6 is 22.9 Å². The summed E-state index contributed by atoms with van der Waals surface area (Å²) in [5.74, 6) is -0.388. The smallest absolute Gasteiger partial charge is 0.337 e. The maximum Gasteiger partial charge on any atom is 0.337 e. The molecule has 0 unspecified atom stereocenters. The van der Waals surface area contributed by atoms with Crippen LogP contribution in [0.3, 0.4) is 0 Å². The fraction of sp³-hybridized carbons (Fsp3) is 0.391. The fourth-order valence-corrected chi connectivity index (χ4v) is 4.83. The van der Waals surface area contributed by atoms with Gasteiger partial charge >= 0.3 is 5.97 Å². The number of methoxy groups -OCH3 is 1. The number of hydrogen-bond donors (Lipinski definition) is 1. The van der Waals surface area contributed by atoms with Crippen molar-refractivity contribution in [1.29, 1.82) is 0 Å². The van der Waals surface area contributed by atoms with Crippen LogP contribution in [-0.4, -0.2) is 28.8 Å². The van der Waals surface area contributed by atoms with Crippen molar-refractivity contribution in [3.8, 4) is 16.9 Å². The van der Waals surface area contributed by atoms with Gasteiger partial charge in [-0.05, 0) is 65.3 Å². The highest BCUT2D eigenvalue weighted by Crippen LogP contribution is 2.45. The number of halogens is 1. The van der Waals surface area contributed by atoms with Crippen molar-refractivity contribution in [2.45, 2.75) is 53.2 Å². The van der Waals surface area contributed by atoms with Crippen molar-refractivity contribution >= 4 is 39.1 Å². The summed E-state index contributed by atoms with van der Waals surface area (Å²) in [4.78, 5) is 18.1. The Bertz CT molecular complexity index is 1130. The molecule has 0 aliphatic carbocycles. The Hall–Kier alpha value is -2.15. The predicted octanol–water partition coefficient (Wildman–Crippen LogP) is 6.49. The van der Waals surface area contributed by atoms with Crippen molar-refractivity contribution in [1.82, 2.24) is 4.98 Å². The van der Waals surface area contributed by atoms with Crippen LogP contribution in [-0.2, 0) is 9.53 Å². The number of carboxylic acid groups (broad SMARTS) is 1. The lowest BCUT2D eigenvalue weighted by molar-refractivity contribution is -0.160. The molecule has 7 heteroatoms. The molecule has 0 saturated heterocycles. The Morgan fingerprint density at radius 1 is 1.20 bits per heavy atom. The molecule has 0 aliphatic rings. The predicted molar refractivity (Wildman–Crippen MR) is 122 cm³/mol. The first-order valence-electron chi connectivity index (χ1n) is 9.58. The van der Waals surface area contributed by atoms with Gasteiger partial charge in [-0.25, -0.2) is 4.79 Å². The molecule has 160 valence electrons. The van der Waals surface area contributed by atoms with Crippen molar-refractivity contribution in [2.24, 2.45) is 0 Å². The number of benzene rings is 1. The summed E-state index contributed by atoms with van der Waals surface area (Å²) in [5, 5.41) is 10.5. The van der Waals surface area contributed by atoms with Crippen molar-refractivity contribution in [2.75, 3.05) is 7.11 Å². The number of thiophene rings is 1. The number of rotatable bonds is 5. The first kappa shape index (κ1) is 22.5. The minimum absolute atomic E-state index is 0.483. The van der Waals surface area contributed by atoms with E-state index in [-0.39, 0.29) is 0 Å². The van der Waals surface area contributed by atoms with Crippen LogP contribution in [0.2, 0.25) is 5.02 Å². The van der Waals surface area contributed by atoms with Gasteiger partial charge in [0.1, 0.15) is 5.75 Å². The minimum Gasteiger partial charge on any atom is -0.496 e. The summed E-state index contributed by atoms with van der Waals surface area (Å²) in [6.45, 7) is 11.3. The normalized spacial score (nSPS) is 12.9. The van der Waals surface area contributed by atoms with Gasteiger partial charge in [0.05, 0.1) is 28.0 Å². The minimum atomic E-state index is -1.18. The second-order valence-electron chi connectivity index (χ2n) is 8.31. The quantitative estimate of drug-likeness (QED) is 0.484. The summed E-state index contributed by atoms with van der Waals surface area (Å²) in [5.41, 5.74) is 3.69. The molecule has 3 aromatic rings. The van der Waals surface area contributed by atoms with Crippen LogP contribution in [0, 0.1) is 20.8 Å².